The van der Waals surface area contributed by atoms with Crippen molar-refractivity contribution in [3.8, 4) is 10.7 Å². The fourth-order valence-electron chi connectivity index (χ4n) is 2.52. The van der Waals surface area contributed by atoms with E-state index in [9.17, 15) is 0 Å². The summed E-state index contributed by atoms with van der Waals surface area (Å²) in [7, 11) is 0. The summed E-state index contributed by atoms with van der Waals surface area (Å²) in [6.07, 6.45) is 5.26. The molecular weight excluding hydrogens is 256 g/mol. The van der Waals surface area contributed by atoms with E-state index >= 15 is 0 Å². The van der Waals surface area contributed by atoms with Crippen LogP contribution in [0, 0.1) is 12.8 Å². The largest absolute Gasteiger partial charge is 0.317 e. The van der Waals surface area contributed by atoms with Crippen LogP contribution in [0.25, 0.3) is 10.7 Å². The minimum absolute atomic E-state index is 0.715. The maximum Gasteiger partial charge on any atom is 0.141 e. The molecule has 19 heavy (non-hydrogen) atoms. The van der Waals surface area contributed by atoms with Gasteiger partial charge in [-0.3, -0.25) is 0 Å². The summed E-state index contributed by atoms with van der Waals surface area (Å²) >= 11 is 1.63. The van der Waals surface area contributed by atoms with E-state index in [1.807, 2.05) is 24.6 Å². The molecule has 100 valence electrons. The van der Waals surface area contributed by atoms with Crippen LogP contribution in [0.5, 0.6) is 0 Å². The maximum atomic E-state index is 4.69. The van der Waals surface area contributed by atoms with Gasteiger partial charge in [0.1, 0.15) is 16.5 Å². The first-order valence-corrected chi connectivity index (χ1v) is 7.64. The zero-order valence-electron chi connectivity index (χ0n) is 11.1. The van der Waals surface area contributed by atoms with Gasteiger partial charge in [0.05, 0.1) is 0 Å². The normalized spacial score (nSPS) is 16.7. The molecule has 0 atom stereocenters. The van der Waals surface area contributed by atoms with Crippen molar-refractivity contribution in [1.29, 1.82) is 0 Å². The second kappa shape index (κ2) is 5.75. The Balaban J connectivity index is 1.81. The number of nitrogens with zero attached hydrogens (tertiary/aromatic N) is 3. The topological polar surface area (TPSA) is 50.7 Å². The molecule has 5 heteroatoms. The molecule has 0 aliphatic carbocycles. The first kappa shape index (κ1) is 12.7. The van der Waals surface area contributed by atoms with Crippen LogP contribution in [0.15, 0.2) is 17.6 Å². The molecule has 0 saturated carbocycles. The number of aryl methyl sites for hydroxylation is 1. The zero-order valence-corrected chi connectivity index (χ0v) is 11.9. The van der Waals surface area contributed by atoms with Gasteiger partial charge in [-0.05, 0) is 44.8 Å². The summed E-state index contributed by atoms with van der Waals surface area (Å²) < 4.78 is 0. The molecule has 0 spiro atoms. The van der Waals surface area contributed by atoms with E-state index in [0.29, 0.717) is 5.92 Å². The van der Waals surface area contributed by atoms with Crippen LogP contribution in [0.1, 0.15) is 24.4 Å². The van der Waals surface area contributed by atoms with E-state index in [4.69, 9.17) is 0 Å². The van der Waals surface area contributed by atoms with E-state index in [-0.39, 0.29) is 0 Å². The monoisotopic (exact) mass is 274 g/mol. The zero-order chi connectivity index (χ0) is 13.1. The molecule has 0 aromatic carbocycles. The minimum atomic E-state index is 0.715. The van der Waals surface area contributed by atoms with Crippen molar-refractivity contribution >= 4 is 11.3 Å². The van der Waals surface area contributed by atoms with Crippen LogP contribution in [-0.4, -0.2) is 28.0 Å². The highest BCUT2D eigenvalue weighted by atomic mass is 32.1. The highest BCUT2D eigenvalue weighted by molar-refractivity contribution is 7.13. The quantitative estimate of drug-likeness (QED) is 0.934. The van der Waals surface area contributed by atoms with Crippen molar-refractivity contribution in [2.45, 2.75) is 26.2 Å². The van der Waals surface area contributed by atoms with E-state index in [0.717, 1.165) is 41.7 Å². The van der Waals surface area contributed by atoms with Crippen LogP contribution in [0.4, 0.5) is 0 Å². The van der Waals surface area contributed by atoms with Gasteiger partial charge in [0.25, 0.3) is 0 Å². The lowest BCUT2D eigenvalue weighted by atomic mass is 9.94. The third-order valence-electron chi connectivity index (χ3n) is 3.48. The third kappa shape index (κ3) is 3.16. The summed E-state index contributed by atoms with van der Waals surface area (Å²) in [6.45, 7) is 4.27. The second-order valence-electron chi connectivity index (χ2n) is 5.05. The molecule has 2 aromatic rings. The van der Waals surface area contributed by atoms with Crippen molar-refractivity contribution in [3.05, 3.63) is 29.2 Å². The Hall–Kier alpha value is -1.33. The molecule has 0 bridgehead atoms. The van der Waals surface area contributed by atoms with Crippen molar-refractivity contribution in [2.24, 2.45) is 5.92 Å². The average molecular weight is 274 g/mol. The van der Waals surface area contributed by atoms with Gasteiger partial charge in [-0.25, -0.2) is 15.0 Å². The first-order chi connectivity index (χ1) is 9.31. The van der Waals surface area contributed by atoms with Crippen molar-refractivity contribution in [3.63, 3.8) is 0 Å². The maximum absolute atomic E-state index is 4.69. The third-order valence-corrected chi connectivity index (χ3v) is 4.28. The highest BCUT2D eigenvalue weighted by Gasteiger charge is 2.16. The van der Waals surface area contributed by atoms with Gasteiger partial charge in [0.2, 0.25) is 0 Å². The minimum Gasteiger partial charge on any atom is -0.317 e. The van der Waals surface area contributed by atoms with Crippen molar-refractivity contribution in [2.75, 3.05) is 13.1 Å². The number of hydrogen-bond acceptors (Lipinski definition) is 5. The number of nitrogens with one attached hydrogen (secondary N) is 1. The van der Waals surface area contributed by atoms with Gasteiger partial charge < -0.3 is 5.32 Å². The molecule has 0 unspecified atom stereocenters. The fraction of sp³-hybridized carbons (Fsp3) is 0.500. The van der Waals surface area contributed by atoms with E-state index in [1.165, 1.54) is 12.8 Å². The Kier molecular flexibility index (Phi) is 3.84. The van der Waals surface area contributed by atoms with E-state index in [1.54, 1.807) is 11.3 Å². The molecule has 1 aliphatic heterocycles. The van der Waals surface area contributed by atoms with Crippen molar-refractivity contribution < 1.29 is 0 Å². The lowest BCUT2D eigenvalue weighted by molar-refractivity contribution is 0.367. The van der Waals surface area contributed by atoms with Gasteiger partial charge in [-0.2, -0.15) is 0 Å². The number of piperidine rings is 1. The summed E-state index contributed by atoms with van der Waals surface area (Å²) in [5, 5.41) is 6.37. The summed E-state index contributed by atoms with van der Waals surface area (Å²) in [5.74, 6) is 1.68. The van der Waals surface area contributed by atoms with Crippen LogP contribution in [0.3, 0.4) is 0 Å². The Morgan fingerprint density at radius 1 is 1.32 bits per heavy atom. The van der Waals surface area contributed by atoms with Gasteiger partial charge in [0.15, 0.2) is 0 Å². The fourth-order valence-corrected chi connectivity index (χ4v) is 3.12. The Labute approximate surface area is 117 Å². The lowest BCUT2D eigenvalue weighted by Gasteiger charge is -2.21. The molecular formula is C14H18N4S. The van der Waals surface area contributed by atoms with Crippen LogP contribution < -0.4 is 5.32 Å². The molecule has 0 amide bonds. The molecule has 3 rings (SSSR count). The van der Waals surface area contributed by atoms with Crippen LogP contribution >= 0.6 is 11.3 Å². The SMILES string of the molecule is Cc1cc(-c2nccs2)nc(CC2CCNCC2)n1. The summed E-state index contributed by atoms with van der Waals surface area (Å²) in [5.41, 5.74) is 2.00. The number of rotatable bonds is 3. The number of hydrogen-bond donors (Lipinski definition) is 1. The second-order valence-corrected chi connectivity index (χ2v) is 5.94. The lowest BCUT2D eigenvalue weighted by Crippen LogP contribution is -2.29. The number of aromatic nitrogens is 3. The molecule has 1 aliphatic rings. The summed E-state index contributed by atoms with van der Waals surface area (Å²) in [4.78, 5) is 13.6. The molecule has 1 saturated heterocycles. The standard InChI is InChI=1S/C14H18N4S/c1-10-8-12(14-16-6-7-19-14)18-13(17-10)9-11-2-4-15-5-3-11/h6-8,11,15H,2-5,9H2,1H3. The average Bonchev–Trinajstić information content (AvgIpc) is 2.93. The summed E-state index contributed by atoms with van der Waals surface area (Å²) in [6, 6.07) is 2.02. The predicted octanol–water partition coefficient (Wildman–Crippen LogP) is 2.45. The van der Waals surface area contributed by atoms with Crippen LogP contribution in [0.2, 0.25) is 0 Å². The Bertz CT molecular complexity index is 532. The Morgan fingerprint density at radius 3 is 2.89 bits per heavy atom. The molecule has 0 radical (unpaired) electrons. The molecule has 3 heterocycles. The predicted molar refractivity (Wildman–Crippen MR) is 77.2 cm³/mol. The first-order valence-electron chi connectivity index (χ1n) is 6.76. The highest BCUT2D eigenvalue weighted by Crippen LogP contribution is 2.22. The van der Waals surface area contributed by atoms with E-state index in [2.05, 4.69) is 20.3 Å². The van der Waals surface area contributed by atoms with Gasteiger partial charge in [-0.1, -0.05) is 0 Å². The molecule has 4 nitrogen and oxygen atoms in total. The Morgan fingerprint density at radius 2 is 2.16 bits per heavy atom. The molecule has 1 fully saturated rings. The van der Waals surface area contributed by atoms with Crippen LogP contribution in [-0.2, 0) is 6.42 Å². The smallest absolute Gasteiger partial charge is 0.141 e. The molecule has 1 N–H and O–H groups in total. The van der Waals surface area contributed by atoms with Crippen molar-refractivity contribution in [1.82, 2.24) is 20.3 Å². The van der Waals surface area contributed by atoms with E-state index < -0.39 is 0 Å². The van der Waals surface area contributed by atoms with Gasteiger partial charge in [0, 0.05) is 23.7 Å². The van der Waals surface area contributed by atoms with Gasteiger partial charge in [-0.15, -0.1) is 11.3 Å². The van der Waals surface area contributed by atoms with Gasteiger partial charge >= 0.3 is 0 Å². The molecule has 2 aromatic heterocycles. The number of thiazole rings is 1.